The Morgan fingerprint density at radius 1 is 1.42 bits per heavy atom. The van der Waals surface area contributed by atoms with E-state index in [-0.39, 0.29) is 0 Å². The molecule has 1 N–H and O–H groups in total. The molecule has 1 aromatic heterocycles. The molecule has 1 fully saturated rings. The molecule has 0 radical (unpaired) electrons. The number of sulfonamides is 1. The average Bonchev–Trinajstić information content (AvgIpc) is 2.99. The molecule has 7 heteroatoms. The highest BCUT2D eigenvalue weighted by Crippen LogP contribution is 2.36. The number of thiazole rings is 1. The first kappa shape index (κ1) is 14.5. The molecule has 0 spiro atoms. The summed E-state index contributed by atoms with van der Waals surface area (Å²) in [6, 6.07) is 0. The molecule has 0 bridgehead atoms. The van der Waals surface area contributed by atoms with Crippen LogP contribution in [-0.4, -0.2) is 24.6 Å². The smallest absolute Gasteiger partial charge is 0.267 e. The highest BCUT2D eigenvalue weighted by Gasteiger charge is 2.28. The molecule has 0 aliphatic heterocycles. The van der Waals surface area contributed by atoms with E-state index < -0.39 is 21.2 Å². The molecule has 1 aliphatic rings. The molecule has 0 atom stereocenters. The number of rotatable bonds is 4. The van der Waals surface area contributed by atoms with Crippen molar-refractivity contribution in [2.24, 2.45) is 0 Å². The molecule has 1 aliphatic carbocycles. The van der Waals surface area contributed by atoms with Crippen LogP contribution >= 0.6 is 11.3 Å². The first-order valence-electron chi connectivity index (χ1n) is 6.41. The van der Waals surface area contributed by atoms with Gasteiger partial charge in [0.2, 0.25) is 10.0 Å². The summed E-state index contributed by atoms with van der Waals surface area (Å²) in [5, 5.41) is -0.626. The zero-order valence-electron chi connectivity index (χ0n) is 11.0. The minimum Gasteiger partial charge on any atom is -0.267 e. The largest absolute Gasteiger partial charge is 0.276 e. The monoisotopic (exact) mass is 302 g/mol. The maximum absolute atomic E-state index is 12.1. The Balaban J connectivity index is 2.18. The van der Waals surface area contributed by atoms with E-state index in [1.807, 2.05) is 0 Å². The third-order valence-corrected chi connectivity index (χ3v) is 5.95. The van der Waals surface area contributed by atoms with Gasteiger partial charge in [0.1, 0.15) is 4.88 Å². The van der Waals surface area contributed by atoms with Crippen molar-refractivity contribution in [2.45, 2.75) is 50.7 Å². The summed E-state index contributed by atoms with van der Waals surface area (Å²) in [7, 11) is -3.58. The van der Waals surface area contributed by atoms with E-state index in [2.05, 4.69) is 9.71 Å². The molecule has 19 heavy (non-hydrogen) atoms. The van der Waals surface area contributed by atoms with Crippen molar-refractivity contribution >= 4 is 27.3 Å². The van der Waals surface area contributed by atoms with Crippen LogP contribution in [0.4, 0.5) is 0 Å². The molecule has 1 amide bonds. The van der Waals surface area contributed by atoms with E-state index in [1.165, 1.54) is 11.3 Å². The van der Waals surface area contributed by atoms with E-state index >= 15 is 0 Å². The maximum Gasteiger partial charge on any atom is 0.276 e. The standard InChI is InChI=1S/C12H18N2O3S2/c1-8(2)19(16,17)14-12(15)11-10(13-7-18-11)9-5-3-4-6-9/h7-9H,3-6H2,1-2H3,(H,14,15). The number of nitrogens with zero attached hydrogens (tertiary/aromatic N) is 1. The number of aromatic nitrogens is 1. The summed E-state index contributed by atoms with van der Waals surface area (Å²) >= 11 is 1.21. The van der Waals surface area contributed by atoms with Gasteiger partial charge in [-0.15, -0.1) is 11.3 Å². The topological polar surface area (TPSA) is 76.1 Å². The Kier molecular flexibility index (Phi) is 4.25. The van der Waals surface area contributed by atoms with Gasteiger partial charge >= 0.3 is 0 Å². The van der Waals surface area contributed by atoms with Crippen LogP contribution < -0.4 is 4.72 Å². The van der Waals surface area contributed by atoms with Crippen molar-refractivity contribution in [2.75, 3.05) is 0 Å². The summed E-state index contributed by atoms with van der Waals surface area (Å²) in [4.78, 5) is 16.8. The van der Waals surface area contributed by atoms with Gasteiger partial charge in [-0.2, -0.15) is 0 Å². The molecular weight excluding hydrogens is 284 g/mol. The van der Waals surface area contributed by atoms with E-state index in [0.717, 1.165) is 31.4 Å². The van der Waals surface area contributed by atoms with Gasteiger partial charge in [0.25, 0.3) is 5.91 Å². The van der Waals surface area contributed by atoms with Crippen molar-refractivity contribution < 1.29 is 13.2 Å². The van der Waals surface area contributed by atoms with Crippen LogP contribution in [0.25, 0.3) is 0 Å². The van der Waals surface area contributed by atoms with Gasteiger partial charge in [0.15, 0.2) is 0 Å². The maximum atomic E-state index is 12.1. The van der Waals surface area contributed by atoms with Crippen molar-refractivity contribution in [3.63, 3.8) is 0 Å². The fourth-order valence-electron chi connectivity index (χ4n) is 2.21. The SMILES string of the molecule is CC(C)S(=O)(=O)NC(=O)c1scnc1C1CCCC1. The first-order valence-corrected chi connectivity index (χ1v) is 8.83. The lowest BCUT2D eigenvalue weighted by Gasteiger charge is -2.11. The van der Waals surface area contributed by atoms with Gasteiger partial charge in [0.05, 0.1) is 16.5 Å². The fraction of sp³-hybridized carbons (Fsp3) is 0.667. The molecule has 0 unspecified atom stereocenters. The van der Waals surface area contributed by atoms with Crippen LogP contribution in [-0.2, 0) is 10.0 Å². The van der Waals surface area contributed by atoms with Gasteiger partial charge in [-0.3, -0.25) is 4.79 Å². The van der Waals surface area contributed by atoms with Crippen LogP contribution in [0.15, 0.2) is 5.51 Å². The van der Waals surface area contributed by atoms with Gasteiger partial charge in [-0.25, -0.2) is 18.1 Å². The highest BCUT2D eigenvalue weighted by molar-refractivity contribution is 7.90. The molecule has 5 nitrogen and oxygen atoms in total. The van der Waals surface area contributed by atoms with Gasteiger partial charge in [0, 0.05) is 5.92 Å². The minimum absolute atomic E-state index is 0.300. The molecule has 1 heterocycles. The summed E-state index contributed by atoms with van der Waals surface area (Å²) in [6.45, 7) is 3.08. The van der Waals surface area contributed by atoms with Gasteiger partial charge in [-0.1, -0.05) is 12.8 Å². The second-order valence-electron chi connectivity index (χ2n) is 5.07. The Labute approximate surface area is 117 Å². The molecule has 106 valence electrons. The van der Waals surface area contributed by atoms with Crippen LogP contribution in [0.5, 0.6) is 0 Å². The van der Waals surface area contributed by atoms with E-state index in [9.17, 15) is 13.2 Å². The van der Waals surface area contributed by atoms with Crippen molar-refractivity contribution in [3.8, 4) is 0 Å². The van der Waals surface area contributed by atoms with Crippen molar-refractivity contribution in [1.29, 1.82) is 0 Å². The number of nitrogens with one attached hydrogen (secondary N) is 1. The second-order valence-corrected chi connectivity index (χ2v) is 8.16. The van der Waals surface area contributed by atoms with Crippen LogP contribution in [0.3, 0.4) is 0 Å². The lowest BCUT2D eigenvalue weighted by atomic mass is 10.0. The third kappa shape index (κ3) is 3.14. The molecule has 0 saturated heterocycles. The number of carbonyl (C=O) groups is 1. The zero-order valence-corrected chi connectivity index (χ0v) is 12.7. The van der Waals surface area contributed by atoms with Crippen LogP contribution in [0, 0.1) is 0 Å². The average molecular weight is 302 g/mol. The number of hydrogen-bond acceptors (Lipinski definition) is 5. The molecule has 1 aromatic rings. The second kappa shape index (κ2) is 5.58. The van der Waals surface area contributed by atoms with E-state index in [1.54, 1.807) is 19.4 Å². The van der Waals surface area contributed by atoms with Gasteiger partial charge in [-0.05, 0) is 26.7 Å². The predicted octanol–water partition coefficient (Wildman–Crippen LogP) is 2.27. The quantitative estimate of drug-likeness (QED) is 0.925. The van der Waals surface area contributed by atoms with E-state index in [4.69, 9.17) is 0 Å². The Hall–Kier alpha value is -0.950. The first-order chi connectivity index (χ1) is 8.92. The van der Waals surface area contributed by atoms with Crippen LogP contribution in [0.1, 0.15) is 60.8 Å². The molecular formula is C12H18N2O3S2. The third-order valence-electron chi connectivity index (χ3n) is 3.40. The van der Waals surface area contributed by atoms with Crippen molar-refractivity contribution in [1.82, 2.24) is 9.71 Å². The van der Waals surface area contributed by atoms with Crippen LogP contribution in [0.2, 0.25) is 0 Å². The normalized spacial score (nSPS) is 17.0. The summed E-state index contributed by atoms with van der Waals surface area (Å²) in [5.74, 6) is -0.244. The Morgan fingerprint density at radius 2 is 2.05 bits per heavy atom. The lowest BCUT2D eigenvalue weighted by molar-refractivity contribution is 0.0983. The Morgan fingerprint density at radius 3 is 2.63 bits per heavy atom. The van der Waals surface area contributed by atoms with E-state index in [0.29, 0.717) is 10.8 Å². The highest BCUT2D eigenvalue weighted by atomic mass is 32.2. The number of hydrogen-bond donors (Lipinski definition) is 1. The molecule has 0 aromatic carbocycles. The minimum atomic E-state index is -3.58. The summed E-state index contributed by atoms with van der Waals surface area (Å²) in [5.41, 5.74) is 2.38. The predicted molar refractivity (Wildman–Crippen MR) is 74.8 cm³/mol. The lowest BCUT2D eigenvalue weighted by Crippen LogP contribution is -2.35. The number of carbonyl (C=O) groups excluding carboxylic acids is 1. The fourth-order valence-corrected chi connectivity index (χ4v) is 3.64. The summed E-state index contributed by atoms with van der Waals surface area (Å²) < 4.78 is 25.6. The Bertz CT molecular complexity index is 557. The van der Waals surface area contributed by atoms with Gasteiger partial charge < -0.3 is 0 Å². The van der Waals surface area contributed by atoms with Crippen molar-refractivity contribution in [3.05, 3.63) is 16.1 Å². The zero-order chi connectivity index (χ0) is 14.0. The summed E-state index contributed by atoms with van der Waals surface area (Å²) in [6.07, 6.45) is 4.35. The number of amides is 1. The molecule has 2 rings (SSSR count). The molecule has 1 saturated carbocycles.